The Kier molecular flexibility index (Phi) is 8.08. The highest BCUT2D eigenvalue weighted by molar-refractivity contribution is 5.71. The largest absolute Gasteiger partial charge is 0.496 e. The number of piperidine rings is 1. The topological polar surface area (TPSA) is 64.4 Å². The van der Waals surface area contributed by atoms with Crippen molar-refractivity contribution in [2.24, 2.45) is 5.92 Å². The standard InChI is InChI=1S/C27H30FN3O2.CH2O/c1-33-26-8-7-22(28)15-24(26)21-14-25(27-29-23(18-32)17-31(27)16-21)30-11-9-20(10-12-30)13-19-5-3-2-4-6-19;1-2/h2-8,15,17-18,20-21,25H,9-14,16H2,1H3;1H2. The van der Waals surface area contributed by atoms with E-state index in [1.807, 2.05) is 13.0 Å². The van der Waals surface area contributed by atoms with Gasteiger partial charge < -0.3 is 14.1 Å². The molecule has 2 atom stereocenters. The molecule has 1 aromatic heterocycles. The van der Waals surface area contributed by atoms with E-state index in [9.17, 15) is 9.18 Å². The van der Waals surface area contributed by atoms with Crippen molar-refractivity contribution in [2.75, 3.05) is 20.2 Å². The van der Waals surface area contributed by atoms with Crippen LogP contribution in [0.1, 0.15) is 58.7 Å². The summed E-state index contributed by atoms with van der Waals surface area (Å²) >= 11 is 0. The number of fused-ring (bicyclic) bond motifs is 1. The fraction of sp³-hybridized carbons (Fsp3) is 0.393. The Labute approximate surface area is 205 Å². The van der Waals surface area contributed by atoms with Crippen molar-refractivity contribution in [3.63, 3.8) is 0 Å². The first-order chi connectivity index (χ1) is 17.1. The predicted octanol–water partition coefficient (Wildman–Crippen LogP) is 4.84. The fourth-order valence-electron chi connectivity index (χ4n) is 5.59. The third kappa shape index (κ3) is 5.51. The van der Waals surface area contributed by atoms with Gasteiger partial charge in [-0.15, -0.1) is 0 Å². The molecule has 2 aliphatic rings. The van der Waals surface area contributed by atoms with Crippen LogP contribution < -0.4 is 4.74 Å². The lowest BCUT2D eigenvalue weighted by atomic mass is 9.85. The Hall–Kier alpha value is -3.32. The smallest absolute Gasteiger partial charge is 0.170 e. The van der Waals surface area contributed by atoms with E-state index in [4.69, 9.17) is 9.53 Å². The summed E-state index contributed by atoms with van der Waals surface area (Å²) in [7, 11) is 1.63. The number of likely N-dealkylation sites (tertiary alicyclic amines) is 1. The van der Waals surface area contributed by atoms with Crippen molar-refractivity contribution in [2.45, 2.75) is 44.2 Å². The lowest BCUT2D eigenvalue weighted by molar-refractivity contribution is -0.0980. The monoisotopic (exact) mass is 477 g/mol. The van der Waals surface area contributed by atoms with Gasteiger partial charge in [0.25, 0.3) is 0 Å². The maximum absolute atomic E-state index is 14.1. The second-order valence-corrected chi connectivity index (χ2v) is 9.30. The number of benzene rings is 2. The Morgan fingerprint density at radius 2 is 1.89 bits per heavy atom. The zero-order valence-electron chi connectivity index (χ0n) is 20.1. The SMILES string of the molecule is C=O.COc1ccc(F)cc1C1CC(N2CCC(Cc3ccccc3)CC2)c2nc(C=O)cn2C1. The predicted molar refractivity (Wildman–Crippen MR) is 132 cm³/mol. The van der Waals surface area contributed by atoms with E-state index in [1.54, 1.807) is 19.2 Å². The number of imidazole rings is 1. The minimum absolute atomic E-state index is 0.0869. The van der Waals surface area contributed by atoms with Gasteiger partial charge in [0, 0.05) is 24.2 Å². The second kappa shape index (κ2) is 11.4. The molecule has 0 bridgehead atoms. The number of rotatable bonds is 6. The van der Waals surface area contributed by atoms with Crippen molar-refractivity contribution < 1.29 is 18.7 Å². The molecule has 3 aromatic rings. The molecule has 0 radical (unpaired) electrons. The second-order valence-electron chi connectivity index (χ2n) is 9.30. The maximum Gasteiger partial charge on any atom is 0.170 e. The van der Waals surface area contributed by atoms with Crippen molar-refractivity contribution in [1.29, 1.82) is 0 Å². The molecule has 2 aromatic carbocycles. The number of carbonyl (C=O) groups is 2. The molecule has 0 aliphatic carbocycles. The van der Waals surface area contributed by atoms with E-state index < -0.39 is 0 Å². The summed E-state index contributed by atoms with van der Waals surface area (Å²) in [6.45, 7) is 4.66. The van der Waals surface area contributed by atoms with Crippen molar-refractivity contribution in [3.8, 4) is 5.75 Å². The van der Waals surface area contributed by atoms with Crippen LogP contribution in [0.4, 0.5) is 4.39 Å². The van der Waals surface area contributed by atoms with Gasteiger partial charge in [0.15, 0.2) is 6.29 Å². The lowest BCUT2D eigenvalue weighted by Gasteiger charge is -2.41. The Morgan fingerprint density at radius 3 is 2.57 bits per heavy atom. The zero-order chi connectivity index (χ0) is 24.8. The molecule has 1 fully saturated rings. The first-order valence-corrected chi connectivity index (χ1v) is 12.1. The summed E-state index contributed by atoms with van der Waals surface area (Å²) in [5, 5.41) is 0. The van der Waals surface area contributed by atoms with Crippen LogP contribution in [0.3, 0.4) is 0 Å². The Bertz CT molecular complexity index is 1130. The van der Waals surface area contributed by atoms with Crippen LogP contribution in [0.5, 0.6) is 5.75 Å². The first kappa shape index (κ1) is 24.8. The highest BCUT2D eigenvalue weighted by Crippen LogP contribution is 2.42. The number of aromatic nitrogens is 2. The molecule has 184 valence electrons. The molecule has 35 heavy (non-hydrogen) atoms. The minimum atomic E-state index is -0.255. The molecule has 2 unspecified atom stereocenters. The molecule has 0 amide bonds. The van der Waals surface area contributed by atoms with Gasteiger partial charge in [0.05, 0.1) is 13.2 Å². The maximum atomic E-state index is 14.1. The molecular weight excluding hydrogens is 445 g/mol. The number of methoxy groups -OCH3 is 1. The number of halogens is 1. The van der Waals surface area contributed by atoms with E-state index in [0.717, 1.165) is 56.4 Å². The normalized spacial score (nSPS) is 20.4. The van der Waals surface area contributed by atoms with E-state index >= 15 is 0 Å². The van der Waals surface area contributed by atoms with Gasteiger partial charge in [-0.3, -0.25) is 9.69 Å². The molecular formula is C28H32FN3O3. The zero-order valence-corrected chi connectivity index (χ0v) is 20.1. The van der Waals surface area contributed by atoms with Gasteiger partial charge in [-0.1, -0.05) is 30.3 Å². The molecule has 6 nitrogen and oxygen atoms in total. The summed E-state index contributed by atoms with van der Waals surface area (Å²) in [6.07, 6.45) is 6.87. The number of nitrogens with zero attached hydrogens (tertiary/aromatic N) is 3. The van der Waals surface area contributed by atoms with Crippen LogP contribution in [-0.2, 0) is 17.8 Å². The van der Waals surface area contributed by atoms with Crippen LogP contribution in [-0.4, -0.2) is 47.7 Å². The van der Waals surface area contributed by atoms with Gasteiger partial charge in [0.1, 0.15) is 29.9 Å². The van der Waals surface area contributed by atoms with Crippen LogP contribution in [0.25, 0.3) is 0 Å². The van der Waals surface area contributed by atoms with Crippen LogP contribution in [0.15, 0.2) is 54.7 Å². The van der Waals surface area contributed by atoms with Gasteiger partial charge in [-0.05, 0) is 68.5 Å². The average molecular weight is 478 g/mol. The average Bonchev–Trinajstić information content (AvgIpc) is 3.34. The molecule has 2 aliphatic heterocycles. The summed E-state index contributed by atoms with van der Waals surface area (Å²) in [5.41, 5.74) is 2.74. The molecule has 0 spiro atoms. The van der Waals surface area contributed by atoms with Gasteiger partial charge in [0.2, 0.25) is 0 Å². The summed E-state index contributed by atoms with van der Waals surface area (Å²) in [5.74, 6) is 2.17. The van der Waals surface area contributed by atoms with Crippen molar-refractivity contribution in [1.82, 2.24) is 14.5 Å². The quantitative estimate of drug-likeness (QED) is 0.476. The summed E-state index contributed by atoms with van der Waals surface area (Å²) in [6, 6.07) is 15.5. The summed E-state index contributed by atoms with van der Waals surface area (Å²) < 4.78 is 21.8. The number of hydrogen-bond acceptors (Lipinski definition) is 5. The molecule has 0 saturated carbocycles. The first-order valence-electron chi connectivity index (χ1n) is 12.1. The highest BCUT2D eigenvalue weighted by Gasteiger charge is 2.36. The number of carbonyl (C=O) groups excluding carboxylic acids is 2. The van der Waals surface area contributed by atoms with Gasteiger partial charge in [-0.25, -0.2) is 9.37 Å². The lowest BCUT2D eigenvalue weighted by Crippen LogP contribution is -2.41. The van der Waals surface area contributed by atoms with Gasteiger partial charge >= 0.3 is 0 Å². The number of aldehydes is 1. The number of ether oxygens (including phenoxy) is 1. The van der Waals surface area contributed by atoms with E-state index in [0.29, 0.717) is 23.9 Å². The third-order valence-corrected chi connectivity index (χ3v) is 7.26. The van der Waals surface area contributed by atoms with Crippen LogP contribution >= 0.6 is 0 Å². The van der Waals surface area contributed by atoms with E-state index in [1.165, 1.54) is 11.6 Å². The van der Waals surface area contributed by atoms with Crippen LogP contribution in [0, 0.1) is 11.7 Å². The fourth-order valence-corrected chi connectivity index (χ4v) is 5.59. The molecule has 7 heteroatoms. The molecule has 0 N–H and O–H groups in total. The summed E-state index contributed by atoms with van der Waals surface area (Å²) in [4.78, 5) is 26.6. The highest BCUT2D eigenvalue weighted by atomic mass is 19.1. The van der Waals surface area contributed by atoms with Gasteiger partial charge in [-0.2, -0.15) is 0 Å². The van der Waals surface area contributed by atoms with Crippen molar-refractivity contribution in [3.05, 3.63) is 83.2 Å². The van der Waals surface area contributed by atoms with Crippen LogP contribution in [0.2, 0.25) is 0 Å². The minimum Gasteiger partial charge on any atom is -0.496 e. The molecule has 1 saturated heterocycles. The Morgan fingerprint density at radius 1 is 1.14 bits per heavy atom. The molecule has 5 rings (SSSR count). The number of hydrogen-bond donors (Lipinski definition) is 0. The van der Waals surface area contributed by atoms with E-state index in [-0.39, 0.29) is 17.8 Å². The van der Waals surface area contributed by atoms with Crippen molar-refractivity contribution >= 4 is 13.1 Å². The van der Waals surface area contributed by atoms with E-state index in [2.05, 4.69) is 44.8 Å². The third-order valence-electron chi connectivity index (χ3n) is 7.26. The Balaban J connectivity index is 0.00000141. The molecule has 3 heterocycles.